The number of aromatic carboxylic acids is 1. The molecule has 1 rings (SSSR count). The highest BCUT2D eigenvalue weighted by molar-refractivity contribution is 5.81. The third kappa shape index (κ3) is 7.10. The highest BCUT2D eigenvalue weighted by atomic mass is 16.4. The van der Waals surface area contributed by atoms with Crippen LogP contribution in [-0.4, -0.2) is 15.6 Å². The molecular formula is C18H33N2O2+. The van der Waals surface area contributed by atoms with Crippen LogP contribution in [0.3, 0.4) is 0 Å². The lowest BCUT2D eigenvalue weighted by molar-refractivity contribution is -0.673. The van der Waals surface area contributed by atoms with Crippen LogP contribution in [0.15, 0.2) is 12.4 Å². The molecule has 0 radical (unpaired) electrons. The van der Waals surface area contributed by atoms with E-state index in [2.05, 4.69) is 6.92 Å². The molecule has 0 saturated carbocycles. The molecule has 1 N–H and O–H groups in total. The van der Waals surface area contributed by atoms with Crippen LogP contribution in [0, 0.1) is 0 Å². The third-order valence-corrected chi connectivity index (χ3v) is 4.27. The maximum absolute atomic E-state index is 11.2. The highest BCUT2D eigenvalue weighted by Gasteiger charge is 2.21. The second-order valence-electron chi connectivity index (χ2n) is 6.27. The van der Waals surface area contributed by atoms with E-state index in [1.165, 1.54) is 64.2 Å². The summed E-state index contributed by atoms with van der Waals surface area (Å²) in [5.41, 5.74) is 0. The van der Waals surface area contributed by atoms with Gasteiger partial charge in [0, 0.05) is 0 Å². The van der Waals surface area contributed by atoms with Crippen LogP contribution in [0.5, 0.6) is 0 Å². The maximum atomic E-state index is 11.2. The Bertz CT molecular complexity index is 427. The summed E-state index contributed by atoms with van der Waals surface area (Å²) in [6, 6.07) is 0. The fraction of sp³-hybridized carbons (Fsp3) is 0.778. The zero-order chi connectivity index (χ0) is 16.2. The van der Waals surface area contributed by atoms with E-state index in [9.17, 15) is 9.90 Å². The van der Waals surface area contributed by atoms with Crippen LogP contribution in [0.25, 0.3) is 0 Å². The molecule has 0 bridgehead atoms. The number of hydrogen-bond acceptors (Lipinski definition) is 1. The molecule has 1 aromatic heterocycles. The standard InChI is InChI=1S/C18H32N2O2/c1-3-4-5-6-7-8-9-10-11-12-13-14-20-16-15-19(2)17(20)18(21)22/h15-16H,3-14H2,1-2H3/p+1. The van der Waals surface area contributed by atoms with E-state index in [4.69, 9.17) is 0 Å². The van der Waals surface area contributed by atoms with E-state index in [0.29, 0.717) is 5.82 Å². The van der Waals surface area contributed by atoms with Gasteiger partial charge in [0.25, 0.3) is 0 Å². The summed E-state index contributed by atoms with van der Waals surface area (Å²) in [6.07, 6.45) is 18.1. The Morgan fingerprint density at radius 3 is 2.00 bits per heavy atom. The van der Waals surface area contributed by atoms with Crippen molar-refractivity contribution in [2.75, 3.05) is 0 Å². The highest BCUT2D eigenvalue weighted by Crippen LogP contribution is 2.11. The van der Waals surface area contributed by atoms with Gasteiger partial charge in [-0.25, -0.2) is 13.9 Å². The lowest BCUT2D eigenvalue weighted by Gasteiger charge is -2.02. The van der Waals surface area contributed by atoms with Crippen molar-refractivity contribution in [3.8, 4) is 0 Å². The van der Waals surface area contributed by atoms with Gasteiger partial charge in [-0.2, -0.15) is 0 Å². The molecule has 126 valence electrons. The van der Waals surface area contributed by atoms with E-state index in [1.54, 1.807) is 11.6 Å². The molecule has 0 spiro atoms. The fourth-order valence-electron chi connectivity index (χ4n) is 2.92. The van der Waals surface area contributed by atoms with Crippen LogP contribution < -0.4 is 4.57 Å². The summed E-state index contributed by atoms with van der Waals surface area (Å²) >= 11 is 0. The van der Waals surface area contributed by atoms with Crippen molar-refractivity contribution in [2.45, 2.75) is 84.1 Å². The molecule has 4 heteroatoms. The smallest absolute Gasteiger partial charge is 0.419 e. The van der Waals surface area contributed by atoms with E-state index in [1.807, 2.05) is 17.0 Å². The van der Waals surface area contributed by atoms with E-state index >= 15 is 0 Å². The minimum Gasteiger partial charge on any atom is -0.472 e. The molecule has 0 saturated heterocycles. The molecule has 0 aliphatic carbocycles. The van der Waals surface area contributed by atoms with Gasteiger partial charge in [0.2, 0.25) is 0 Å². The number of aryl methyl sites for hydroxylation is 2. The molecule has 4 nitrogen and oxygen atoms in total. The van der Waals surface area contributed by atoms with Gasteiger partial charge in [-0.05, 0) is 12.8 Å². The van der Waals surface area contributed by atoms with Crippen LogP contribution in [-0.2, 0) is 13.6 Å². The largest absolute Gasteiger partial charge is 0.472 e. The predicted molar refractivity (Wildman–Crippen MR) is 89.0 cm³/mol. The summed E-state index contributed by atoms with van der Waals surface area (Å²) in [5.74, 6) is -0.484. The van der Waals surface area contributed by atoms with Gasteiger partial charge in [-0.15, -0.1) is 0 Å². The monoisotopic (exact) mass is 309 g/mol. The quantitative estimate of drug-likeness (QED) is 0.435. The minimum atomic E-state index is -0.851. The number of hydrogen-bond donors (Lipinski definition) is 1. The van der Waals surface area contributed by atoms with Crippen molar-refractivity contribution in [3.63, 3.8) is 0 Å². The lowest BCUT2D eigenvalue weighted by atomic mass is 10.1. The number of imidazole rings is 1. The minimum absolute atomic E-state index is 0.368. The topological polar surface area (TPSA) is 46.1 Å². The fourth-order valence-corrected chi connectivity index (χ4v) is 2.92. The zero-order valence-corrected chi connectivity index (χ0v) is 14.4. The van der Waals surface area contributed by atoms with Crippen LogP contribution >= 0.6 is 0 Å². The molecule has 0 fully saturated rings. The van der Waals surface area contributed by atoms with Gasteiger partial charge in [0.1, 0.15) is 12.4 Å². The first-order valence-corrected chi connectivity index (χ1v) is 8.95. The number of carboxylic acids is 1. The van der Waals surface area contributed by atoms with E-state index in [0.717, 1.165) is 13.0 Å². The van der Waals surface area contributed by atoms with Crippen molar-refractivity contribution in [3.05, 3.63) is 18.2 Å². The first-order chi connectivity index (χ1) is 10.7. The van der Waals surface area contributed by atoms with E-state index in [-0.39, 0.29) is 0 Å². The Morgan fingerprint density at radius 2 is 1.50 bits per heavy atom. The summed E-state index contributed by atoms with van der Waals surface area (Å²) in [4.78, 5) is 11.2. The summed E-state index contributed by atoms with van der Waals surface area (Å²) in [7, 11) is 1.78. The summed E-state index contributed by atoms with van der Waals surface area (Å²) < 4.78 is 3.51. The molecule has 1 heterocycles. The van der Waals surface area contributed by atoms with Crippen molar-refractivity contribution < 1.29 is 14.5 Å². The van der Waals surface area contributed by atoms with Gasteiger partial charge >= 0.3 is 11.8 Å². The van der Waals surface area contributed by atoms with Gasteiger partial charge < -0.3 is 5.11 Å². The molecule has 0 aromatic carbocycles. The molecule has 0 amide bonds. The maximum Gasteiger partial charge on any atom is 0.419 e. The van der Waals surface area contributed by atoms with Gasteiger partial charge in [0.05, 0.1) is 13.6 Å². The third-order valence-electron chi connectivity index (χ3n) is 4.27. The lowest BCUT2D eigenvalue weighted by Crippen LogP contribution is -2.35. The normalized spacial score (nSPS) is 11.0. The first kappa shape index (κ1) is 18.7. The van der Waals surface area contributed by atoms with Crippen molar-refractivity contribution >= 4 is 5.97 Å². The zero-order valence-electron chi connectivity index (χ0n) is 14.4. The van der Waals surface area contributed by atoms with Crippen LogP contribution in [0.4, 0.5) is 0 Å². The molecule has 0 atom stereocenters. The number of carbonyl (C=O) groups is 1. The summed E-state index contributed by atoms with van der Waals surface area (Å²) in [5, 5.41) is 9.17. The molecule has 0 unspecified atom stereocenters. The number of rotatable bonds is 13. The Labute approximate surface area is 135 Å². The number of carboxylic acid groups (broad SMARTS) is 1. The van der Waals surface area contributed by atoms with Crippen molar-refractivity contribution in [1.82, 2.24) is 4.57 Å². The number of nitrogens with zero attached hydrogens (tertiary/aromatic N) is 2. The summed E-state index contributed by atoms with van der Waals surface area (Å²) in [6.45, 7) is 3.06. The average Bonchev–Trinajstić information content (AvgIpc) is 2.86. The molecule has 1 aromatic rings. The van der Waals surface area contributed by atoms with Crippen molar-refractivity contribution in [2.24, 2.45) is 7.05 Å². The van der Waals surface area contributed by atoms with Gasteiger partial charge in [0.15, 0.2) is 0 Å². The van der Waals surface area contributed by atoms with E-state index < -0.39 is 5.97 Å². The van der Waals surface area contributed by atoms with Gasteiger partial charge in [-0.1, -0.05) is 64.7 Å². The molecule has 0 aliphatic rings. The first-order valence-electron chi connectivity index (χ1n) is 8.95. The van der Waals surface area contributed by atoms with Crippen LogP contribution in [0.2, 0.25) is 0 Å². The second-order valence-corrected chi connectivity index (χ2v) is 6.27. The van der Waals surface area contributed by atoms with Crippen molar-refractivity contribution in [1.29, 1.82) is 0 Å². The second kappa shape index (κ2) is 11.3. The Morgan fingerprint density at radius 1 is 1.00 bits per heavy atom. The molecule has 22 heavy (non-hydrogen) atoms. The molecular weight excluding hydrogens is 276 g/mol. The predicted octanol–water partition coefficient (Wildman–Crippen LogP) is 4.32. The SMILES string of the molecule is CCCCCCCCCCCCCn1cc[n+](C)c1C(=O)O. The molecule has 0 aliphatic heterocycles. The van der Waals surface area contributed by atoms with Gasteiger partial charge in [-0.3, -0.25) is 0 Å². The Balaban J connectivity index is 2.01. The Kier molecular flexibility index (Phi) is 9.60. The number of unbranched alkanes of at least 4 members (excludes halogenated alkanes) is 10. The Hall–Kier alpha value is -1.32. The van der Waals surface area contributed by atoms with Crippen LogP contribution in [0.1, 0.15) is 88.2 Å². The number of aromatic nitrogens is 2. The average molecular weight is 309 g/mol.